The predicted octanol–water partition coefficient (Wildman–Crippen LogP) is 4.32. The second-order valence-electron chi connectivity index (χ2n) is 5.27. The number of hydrogen-bond donors (Lipinski definition) is 1. The van der Waals surface area contributed by atoms with Crippen molar-refractivity contribution < 1.29 is 9.53 Å². The van der Waals surface area contributed by atoms with E-state index in [-0.39, 0.29) is 6.61 Å². The molecule has 5 nitrogen and oxygen atoms in total. The third-order valence-electron chi connectivity index (χ3n) is 3.67. The standard InChI is InChI=1S/C19H19N3O2/c1-2-22-13-12-20-18(22)16-10-6-7-11-17(16)21-19(23)24-14-15-8-4-3-5-9-15/h3-13H,2,14H2,1H3,(H,21,23). The van der Waals surface area contributed by atoms with E-state index in [0.717, 1.165) is 23.5 Å². The van der Waals surface area contributed by atoms with Crippen LogP contribution in [0.1, 0.15) is 12.5 Å². The number of carbonyl (C=O) groups is 1. The summed E-state index contributed by atoms with van der Waals surface area (Å²) in [6, 6.07) is 17.1. The topological polar surface area (TPSA) is 56.2 Å². The van der Waals surface area contributed by atoms with E-state index in [0.29, 0.717) is 5.69 Å². The van der Waals surface area contributed by atoms with Gasteiger partial charge in [-0.1, -0.05) is 42.5 Å². The number of para-hydroxylation sites is 1. The Bertz CT molecular complexity index is 812. The van der Waals surface area contributed by atoms with Crippen molar-refractivity contribution in [3.63, 3.8) is 0 Å². The van der Waals surface area contributed by atoms with Crippen LogP contribution >= 0.6 is 0 Å². The molecule has 0 aliphatic heterocycles. The molecule has 1 amide bonds. The Balaban J connectivity index is 1.72. The average molecular weight is 321 g/mol. The maximum atomic E-state index is 12.1. The lowest BCUT2D eigenvalue weighted by atomic mass is 10.1. The summed E-state index contributed by atoms with van der Waals surface area (Å²) in [7, 11) is 0. The fourth-order valence-electron chi connectivity index (χ4n) is 2.46. The molecule has 2 aromatic carbocycles. The van der Waals surface area contributed by atoms with E-state index in [4.69, 9.17) is 4.74 Å². The molecule has 0 bridgehead atoms. The van der Waals surface area contributed by atoms with Crippen molar-refractivity contribution >= 4 is 11.8 Å². The molecular formula is C19H19N3O2. The van der Waals surface area contributed by atoms with Crippen LogP contribution in [-0.2, 0) is 17.9 Å². The minimum Gasteiger partial charge on any atom is -0.444 e. The van der Waals surface area contributed by atoms with E-state index in [9.17, 15) is 4.79 Å². The zero-order valence-electron chi connectivity index (χ0n) is 13.5. The molecule has 3 rings (SSSR count). The molecule has 0 saturated heterocycles. The molecule has 0 atom stereocenters. The Morgan fingerprint density at radius 2 is 1.88 bits per heavy atom. The van der Waals surface area contributed by atoms with E-state index in [1.165, 1.54) is 0 Å². The van der Waals surface area contributed by atoms with Crippen LogP contribution in [0, 0.1) is 0 Å². The summed E-state index contributed by atoms with van der Waals surface area (Å²) in [6.07, 6.45) is 3.18. The van der Waals surface area contributed by atoms with Crippen molar-refractivity contribution in [2.24, 2.45) is 0 Å². The number of benzene rings is 2. The van der Waals surface area contributed by atoms with E-state index in [2.05, 4.69) is 17.2 Å². The fourth-order valence-corrected chi connectivity index (χ4v) is 2.46. The number of ether oxygens (including phenoxy) is 1. The van der Waals surface area contributed by atoms with Gasteiger partial charge in [0.25, 0.3) is 0 Å². The van der Waals surface area contributed by atoms with Gasteiger partial charge in [0.05, 0.1) is 5.69 Å². The summed E-state index contributed by atoms with van der Waals surface area (Å²) in [4.78, 5) is 16.5. The van der Waals surface area contributed by atoms with Crippen LogP contribution in [0.4, 0.5) is 10.5 Å². The summed E-state index contributed by atoms with van der Waals surface area (Å²) in [5.41, 5.74) is 2.49. The van der Waals surface area contributed by atoms with Crippen LogP contribution in [-0.4, -0.2) is 15.6 Å². The van der Waals surface area contributed by atoms with E-state index in [1.54, 1.807) is 6.20 Å². The number of aryl methyl sites for hydroxylation is 1. The summed E-state index contributed by atoms with van der Waals surface area (Å²) >= 11 is 0. The van der Waals surface area contributed by atoms with Crippen LogP contribution in [0.2, 0.25) is 0 Å². The number of carbonyl (C=O) groups excluding carboxylic acids is 1. The quantitative estimate of drug-likeness (QED) is 0.761. The third-order valence-corrected chi connectivity index (χ3v) is 3.67. The summed E-state index contributed by atoms with van der Waals surface area (Å²) in [5.74, 6) is 0.816. The van der Waals surface area contributed by atoms with Gasteiger partial charge in [0.1, 0.15) is 12.4 Å². The molecule has 0 radical (unpaired) electrons. The molecular weight excluding hydrogens is 302 g/mol. The molecule has 1 aromatic heterocycles. The number of nitrogens with one attached hydrogen (secondary N) is 1. The Hall–Kier alpha value is -3.08. The molecule has 1 heterocycles. The maximum Gasteiger partial charge on any atom is 0.411 e. The molecule has 0 fully saturated rings. The van der Waals surface area contributed by atoms with Crippen LogP contribution in [0.5, 0.6) is 0 Å². The number of aromatic nitrogens is 2. The molecule has 1 N–H and O–H groups in total. The number of rotatable bonds is 5. The fraction of sp³-hybridized carbons (Fsp3) is 0.158. The molecule has 0 saturated carbocycles. The Labute approximate surface area is 140 Å². The second-order valence-corrected chi connectivity index (χ2v) is 5.27. The Kier molecular flexibility index (Phi) is 4.91. The largest absolute Gasteiger partial charge is 0.444 e. The number of nitrogens with zero attached hydrogens (tertiary/aromatic N) is 2. The molecule has 0 aliphatic rings. The molecule has 0 aliphatic carbocycles. The van der Waals surface area contributed by atoms with Crippen LogP contribution in [0.25, 0.3) is 11.4 Å². The number of anilines is 1. The third kappa shape index (κ3) is 3.63. The zero-order valence-corrected chi connectivity index (χ0v) is 13.5. The SMILES string of the molecule is CCn1ccnc1-c1ccccc1NC(=O)OCc1ccccc1. The smallest absolute Gasteiger partial charge is 0.411 e. The highest BCUT2D eigenvalue weighted by molar-refractivity contribution is 5.90. The first-order valence-corrected chi connectivity index (χ1v) is 7.86. The normalized spacial score (nSPS) is 10.4. The van der Waals surface area contributed by atoms with Crippen molar-refractivity contribution in [1.82, 2.24) is 9.55 Å². The Morgan fingerprint density at radius 1 is 1.12 bits per heavy atom. The highest BCUT2D eigenvalue weighted by Gasteiger charge is 2.12. The lowest BCUT2D eigenvalue weighted by molar-refractivity contribution is 0.155. The molecule has 3 aromatic rings. The van der Waals surface area contributed by atoms with Gasteiger partial charge in [0, 0.05) is 24.5 Å². The van der Waals surface area contributed by atoms with Crippen molar-refractivity contribution in [3.8, 4) is 11.4 Å². The summed E-state index contributed by atoms with van der Waals surface area (Å²) < 4.78 is 7.31. The maximum absolute atomic E-state index is 12.1. The minimum atomic E-state index is -0.485. The van der Waals surface area contributed by atoms with Crippen molar-refractivity contribution in [2.75, 3.05) is 5.32 Å². The molecule has 5 heteroatoms. The van der Waals surface area contributed by atoms with Crippen LogP contribution in [0.15, 0.2) is 67.0 Å². The highest BCUT2D eigenvalue weighted by Crippen LogP contribution is 2.26. The summed E-state index contributed by atoms with van der Waals surface area (Å²) in [5, 5.41) is 2.81. The van der Waals surface area contributed by atoms with Crippen LogP contribution in [0.3, 0.4) is 0 Å². The van der Waals surface area contributed by atoms with E-state index in [1.807, 2.05) is 65.4 Å². The van der Waals surface area contributed by atoms with Gasteiger partial charge in [-0.3, -0.25) is 5.32 Å². The van der Waals surface area contributed by atoms with Gasteiger partial charge in [-0.05, 0) is 24.6 Å². The molecule has 0 spiro atoms. The van der Waals surface area contributed by atoms with Gasteiger partial charge in [-0.25, -0.2) is 9.78 Å². The first kappa shape index (κ1) is 15.8. The minimum absolute atomic E-state index is 0.235. The molecule has 122 valence electrons. The van der Waals surface area contributed by atoms with Crippen molar-refractivity contribution in [3.05, 3.63) is 72.6 Å². The van der Waals surface area contributed by atoms with Gasteiger partial charge in [0.2, 0.25) is 0 Å². The average Bonchev–Trinajstić information content (AvgIpc) is 3.10. The number of imidazole rings is 1. The number of hydrogen-bond acceptors (Lipinski definition) is 3. The zero-order chi connectivity index (χ0) is 16.8. The molecule has 24 heavy (non-hydrogen) atoms. The van der Waals surface area contributed by atoms with Gasteiger partial charge in [0.15, 0.2) is 0 Å². The van der Waals surface area contributed by atoms with Crippen molar-refractivity contribution in [2.45, 2.75) is 20.1 Å². The van der Waals surface area contributed by atoms with Crippen LogP contribution < -0.4 is 5.32 Å². The molecule has 0 unspecified atom stereocenters. The van der Waals surface area contributed by atoms with Gasteiger partial charge < -0.3 is 9.30 Å². The second kappa shape index (κ2) is 7.46. The summed E-state index contributed by atoms with van der Waals surface area (Å²) in [6.45, 7) is 3.09. The lowest BCUT2D eigenvalue weighted by Crippen LogP contribution is -2.14. The van der Waals surface area contributed by atoms with Gasteiger partial charge >= 0.3 is 6.09 Å². The van der Waals surface area contributed by atoms with Gasteiger partial charge in [-0.2, -0.15) is 0 Å². The van der Waals surface area contributed by atoms with Crippen molar-refractivity contribution in [1.29, 1.82) is 0 Å². The first-order valence-electron chi connectivity index (χ1n) is 7.86. The Morgan fingerprint density at radius 3 is 2.67 bits per heavy atom. The van der Waals surface area contributed by atoms with Gasteiger partial charge in [-0.15, -0.1) is 0 Å². The van der Waals surface area contributed by atoms with E-state index < -0.39 is 6.09 Å². The highest BCUT2D eigenvalue weighted by atomic mass is 16.5. The predicted molar refractivity (Wildman–Crippen MR) is 93.6 cm³/mol. The number of amides is 1. The van der Waals surface area contributed by atoms with E-state index >= 15 is 0 Å². The monoisotopic (exact) mass is 321 g/mol. The first-order chi connectivity index (χ1) is 11.8. The lowest BCUT2D eigenvalue weighted by Gasteiger charge is -2.12.